The highest BCUT2D eigenvalue weighted by atomic mass is 16.6. The highest BCUT2D eigenvalue weighted by molar-refractivity contribution is 6.07. The quantitative estimate of drug-likeness (QED) is 0.544. The van der Waals surface area contributed by atoms with Crippen molar-refractivity contribution in [3.8, 4) is 17.1 Å². The van der Waals surface area contributed by atoms with E-state index in [-0.39, 0.29) is 11.3 Å². The Labute approximate surface area is 141 Å². The normalized spacial score (nSPS) is 10.3. The van der Waals surface area contributed by atoms with Crippen LogP contribution in [0.25, 0.3) is 11.4 Å². The molecule has 25 heavy (non-hydrogen) atoms. The van der Waals surface area contributed by atoms with Gasteiger partial charge in [0.2, 0.25) is 0 Å². The number of carbonyl (C=O) groups excluding carboxylic acids is 1. The van der Waals surface area contributed by atoms with Crippen molar-refractivity contribution in [1.82, 2.24) is 15.2 Å². The number of hydrogen-bond donors (Lipinski definition) is 2. The molecule has 0 saturated heterocycles. The van der Waals surface area contributed by atoms with Crippen molar-refractivity contribution in [3.63, 3.8) is 0 Å². The largest absolute Gasteiger partial charge is 0.497 e. The first kappa shape index (κ1) is 16.1. The average molecular weight is 339 g/mol. The molecule has 0 fully saturated rings. The zero-order valence-corrected chi connectivity index (χ0v) is 13.1. The Bertz CT molecular complexity index is 907. The predicted molar refractivity (Wildman–Crippen MR) is 89.4 cm³/mol. The van der Waals surface area contributed by atoms with Crippen molar-refractivity contribution >= 4 is 17.3 Å². The maximum atomic E-state index is 12.4. The second kappa shape index (κ2) is 6.79. The SMILES string of the molecule is COc1ccc([N+](=O)[O-])c(C(=O)Nc2ccc(-c3ncn[nH]3)cc2)c1. The van der Waals surface area contributed by atoms with E-state index in [0.717, 1.165) is 5.56 Å². The van der Waals surface area contributed by atoms with E-state index in [0.29, 0.717) is 17.3 Å². The lowest BCUT2D eigenvalue weighted by Gasteiger charge is -2.08. The fourth-order valence-corrected chi connectivity index (χ4v) is 2.24. The molecule has 0 unspecified atom stereocenters. The van der Waals surface area contributed by atoms with Crippen molar-refractivity contribution in [3.05, 3.63) is 64.5 Å². The van der Waals surface area contributed by atoms with E-state index in [1.165, 1.54) is 31.6 Å². The molecule has 9 heteroatoms. The molecule has 0 saturated carbocycles. The second-order valence-corrected chi connectivity index (χ2v) is 5.01. The lowest BCUT2D eigenvalue weighted by molar-refractivity contribution is -0.385. The van der Waals surface area contributed by atoms with E-state index >= 15 is 0 Å². The van der Waals surface area contributed by atoms with Crippen LogP contribution < -0.4 is 10.1 Å². The topological polar surface area (TPSA) is 123 Å². The zero-order chi connectivity index (χ0) is 17.8. The summed E-state index contributed by atoms with van der Waals surface area (Å²) in [6.45, 7) is 0. The van der Waals surface area contributed by atoms with Gasteiger partial charge in [0.05, 0.1) is 12.0 Å². The number of nitro benzene ring substituents is 1. The summed E-state index contributed by atoms with van der Waals surface area (Å²) in [6.07, 6.45) is 1.40. The summed E-state index contributed by atoms with van der Waals surface area (Å²) < 4.78 is 5.03. The van der Waals surface area contributed by atoms with Crippen LogP contribution >= 0.6 is 0 Å². The molecule has 3 rings (SSSR count). The van der Waals surface area contributed by atoms with Crippen molar-refractivity contribution in [2.75, 3.05) is 12.4 Å². The van der Waals surface area contributed by atoms with Gasteiger partial charge in [-0.2, -0.15) is 5.10 Å². The fraction of sp³-hybridized carbons (Fsp3) is 0.0625. The summed E-state index contributed by atoms with van der Waals surface area (Å²) in [5, 5.41) is 20.3. The Balaban J connectivity index is 1.83. The Morgan fingerprint density at radius 3 is 2.60 bits per heavy atom. The number of methoxy groups -OCH3 is 1. The number of benzene rings is 2. The van der Waals surface area contributed by atoms with E-state index in [2.05, 4.69) is 20.5 Å². The van der Waals surface area contributed by atoms with E-state index in [4.69, 9.17) is 4.74 Å². The second-order valence-electron chi connectivity index (χ2n) is 5.01. The molecule has 2 N–H and O–H groups in total. The van der Waals surface area contributed by atoms with Crippen molar-refractivity contribution < 1.29 is 14.5 Å². The van der Waals surface area contributed by atoms with Gasteiger partial charge >= 0.3 is 0 Å². The van der Waals surface area contributed by atoms with Gasteiger partial charge < -0.3 is 10.1 Å². The molecule has 9 nitrogen and oxygen atoms in total. The maximum Gasteiger partial charge on any atom is 0.282 e. The molecule has 126 valence electrons. The first-order valence-corrected chi connectivity index (χ1v) is 7.18. The number of rotatable bonds is 5. The van der Waals surface area contributed by atoms with Gasteiger partial charge in [-0.3, -0.25) is 20.0 Å². The van der Waals surface area contributed by atoms with Gasteiger partial charge in [0, 0.05) is 17.3 Å². The molecule has 1 amide bonds. The third-order valence-corrected chi connectivity index (χ3v) is 3.48. The Hall–Kier alpha value is -3.75. The molecule has 0 spiro atoms. The van der Waals surface area contributed by atoms with Crippen LogP contribution in [0.4, 0.5) is 11.4 Å². The molecule has 0 bridgehead atoms. The summed E-state index contributed by atoms with van der Waals surface area (Å²) >= 11 is 0. The molecule has 0 radical (unpaired) electrons. The van der Waals surface area contributed by atoms with Crippen molar-refractivity contribution in [2.24, 2.45) is 0 Å². The van der Waals surface area contributed by atoms with E-state index < -0.39 is 10.8 Å². The third-order valence-electron chi connectivity index (χ3n) is 3.48. The van der Waals surface area contributed by atoms with Gasteiger partial charge in [0.15, 0.2) is 5.82 Å². The number of aromatic amines is 1. The molecule has 0 aliphatic heterocycles. The minimum atomic E-state index is -0.610. The molecule has 2 aromatic carbocycles. The molecule has 3 aromatic rings. The van der Waals surface area contributed by atoms with Gasteiger partial charge in [0.25, 0.3) is 11.6 Å². The van der Waals surface area contributed by atoms with Crippen LogP contribution in [0.5, 0.6) is 5.75 Å². The predicted octanol–water partition coefficient (Wildman–Crippen LogP) is 2.64. The van der Waals surface area contributed by atoms with Crippen LogP contribution in [0.2, 0.25) is 0 Å². The maximum absolute atomic E-state index is 12.4. The number of nitrogens with one attached hydrogen (secondary N) is 2. The lowest BCUT2D eigenvalue weighted by atomic mass is 10.1. The number of nitro groups is 1. The molecule has 0 aliphatic rings. The number of carbonyl (C=O) groups is 1. The number of anilines is 1. The molecule has 1 aromatic heterocycles. The number of hydrogen-bond acceptors (Lipinski definition) is 6. The third kappa shape index (κ3) is 3.44. The highest BCUT2D eigenvalue weighted by Crippen LogP contribution is 2.25. The number of amides is 1. The van der Waals surface area contributed by atoms with Crippen LogP contribution in [0.15, 0.2) is 48.8 Å². The monoisotopic (exact) mass is 339 g/mol. The minimum Gasteiger partial charge on any atom is -0.497 e. The standard InChI is InChI=1S/C16H13N5O4/c1-25-12-6-7-14(21(23)24)13(8-12)16(22)19-11-4-2-10(3-5-11)15-17-9-18-20-15/h2-9H,1H3,(H,19,22)(H,17,18,20). The van der Waals surface area contributed by atoms with Crippen LogP contribution in [0.3, 0.4) is 0 Å². The molecule has 0 aliphatic carbocycles. The van der Waals surface area contributed by atoms with E-state index in [9.17, 15) is 14.9 Å². The van der Waals surface area contributed by atoms with Gasteiger partial charge in [-0.15, -0.1) is 0 Å². The number of aromatic nitrogens is 3. The average Bonchev–Trinajstić information content (AvgIpc) is 3.16. The summed E-state index contributed by atoms with van der Waals surface area (Å²) in [7, 11) is 1.42. The first-order valence-electron chi connectivity index (χ1n) is 7.18. The molecular formula is C16H13N5O4. The zero-order valence-electron chi connectivity index (χ0n) is 13.1. The van der Waals surface area contributed by atoms with Crippen LogP contribution in [-0.2, 0) is 0 Å². The number of ether oxygens (including phenoxy) is 1. The smallest absolute Gasteiger partial charge is 0.282 e. The van der Waals surface area contributed by atoms with Crippen molar-refractivity contribution in [2.45, 2.75) is 0 Å². The van der Waals surface area contributed by atoms with Crippen LogP contribution in [-0.4, -0.2) is 33.1 Å². The molecule has 1 heterocycles. The summed E-state index contributed by atoms with van der Waals surface area (Å²) in [6, 6.07) is 10.8. The fourth-order valence-electron chi connectivity index (χ4n) is 2.24. The summed E-state index contributed by atoms with van der Waals surface area (Å²) in [4.78, 5) is 27.0. The Kier molecular flexibility index (Phi) is 4.38. The first-order chi connectivity index (χ1) is 12.1. The van der Waals surface area contributed by atoms with Crippen LogP contribution in [0.1, 0.15) is 10.4 Å². The molecule has 0 atom stereocenters. The van der Waals surface area contributed by atoms with E-state index in [1.54, 1.807) is 24.3 Å². The van der Waals surface area contributed by atoms with Gasteiger partial charge in [0.1, 0.15) is 17.6 Å². The lowest BCUT2D eigenvalue weighted by Crippen LogP contribution is -2.14. The number of nitrogens with zero attached hydrogens (tertiary/aromatic N) is 3. The van der Waals surface area contributed by atoms with Crippen LogP contribution in [0, 0.1) is 10.1 Å². The number of H-pyrrole nitrogens is 1. The van der Waals surface area contributed by atoms with Gasteiger partial charge in [-0.1, -0.05) is 0 Å². The minimum absolute atomic E-state index is 0.0799. The van der Waals surface area contributed by atoms with E-state index in [1.807, 2.05) is 0 Å². The summed E-state index contributed by atoms with van der Waals surface area (Å²) in [5.74, 6) is 0.357. The van der Waals surface area contributed by atoms with Gasteiger partial charge in [-0.25, -0.2) is 4.98 Å². The Morgan fingerprint density at radius 2 is 2.00 bits per heavy atom. The highest BCUT2D eigenvalue weighted by Gasteiger charge is 2.21. The van der Waals surface area contributed by atoms with Gasteiger partial charge in [-0.05, 0) is 36.4 Å². The van der Waals surface area contributed by atoms with Crippen molar-refractivity contribution in [1.29, 1.82) is 0 Å². The Morgan fingerprint density at radius 1 is 1.24 bits per heavy atom. The summed E-state index contributed by atoms with van der Waals surface area (Å²) in [5.41, 5.74) is 0.911. The molecular weight excluding hydrogens is 326 g/mol.